The van der Waals surface area contributed by atoms with Crippen molar-refractivity contribution in [3.63, 3.8) is 0 Å². The number of anilines is 2. The molecule has 0 saturated heterocycles. The lowest BCUT2D eigenvalue weighted by atomic mass is 10.2. The molecule has 0 radical (unpaired) electrons. The van der Waals surface area contributed by atoms with Crippen LogP contribution in [0.2, 0.25) is 5.02 Å². The second-order valence-electron chi connectivity index (χ2n) is 5.38. The Labute approximate surface area is 131 Å². The third-order valence-electron chi connectivity index (χ3n) is 2.55. The molecule has 0 aliphatic rings. The summed E-state index contributed by atoms with van der Waals surface area (Å²) in [4.78, 5) is 0. The molecule has 1 aromatic rings. The lowest BCUT2D eigenvalue weighted by Crippen LogP contribution is -3.00. The van der Waals surface area contributed by atoms with Gasteiger partial charge in [-0.3, -0.25) is 0 Å². The highest BCUT2D eigenvalue weighted by atomic mass is 35.5. The number of hydrogen-bond donors (Lipinski definition) is 3. The zero-order chi connectivity index (χ0) is 14.5. The van der Waals surface area contributed by atoms with Crippen molar-refractivity contribution in [1.29, 1.82) is 0 Å². The molecule has 0 spiro atoms. The van der Waals surface area contributed by atoms with Crippen molar-refractivity contribution in [2.75, 3.05) is 58.5 Å². The van der Waals surface area contributed by atoms with Gasteiger partial charge in [0.2, 0.25) is 0 Å². The Balaban J connectivity index is 0.00000361. The Morgan fingerprint density at radius 2 is 2.00 bits per heavy atom. The van der Waals surface area contributed by atoms with Crippen molar-refractivity contribution in [2.24, 2.45) is 0 Å². The van der Waals surface area contributed by atoms with Crippen LogP contribution in [0.1, 0.15) is 0 Å². The number of nitrogens with zero attached hydrogens (tertiary/aromatic N) is 1. The topological polar surface area (TPSA) is 67.5 Å². The summed E-state index contributed by atoms with van der Waals surface area (Å²) in [6.07, 6.45) is 0. The molecular formula is C13H23Cl2N3O2. The van der Waals surface area contributed by atoms with Gasteiger partial charge in [0.25, 0.3) is 0 Å². The van der Waals surface area contributed by atoms with Gasteiger partial charge in [0.15, 0.2) is 0 Å². The maximum atomic E-state index is 8.76. The fourth-order valence-corrected chi connectivity index (χ4v) is 1.74. The van der Waals surface area contributed by atoms with Crippen LogP contribution in [0.15, 0.2) is 12.1 Å². The molecule has 0 aliphatic carbocycles. The quantitative estimate of drug-likeness (QED) is 0.418. The first-order chi connectivity index (χ1) is 8.83. The second kappa shape index (κ2) is 8.42. The lowest BCUT2D eigenvalue weighted by Gasteiger charge is -2.24. The van der Waals surface area contributed by atoms with E-state index < -0.39 is 0 Å². The van der Waals surface area contributed by atoms with Crippen molar-refractivity contribution < 1.29 is 26.7 Å². The number of rotatable bonds is 7. The minimum absolute atomic E-state index is 0. The van der Waals surface area contributed by atoms with Crippen LogP contribution in [-0.4, -0.2) is 57.0 Å². The van der Waals surface area contributed by atoms with E-state index in [0.29, 0.717) is 16.5 Å². The molecular weight excluding hydrogens is 301 g/mol. The van der Waals surface area contributed by atoms with E-state index >= 15 is 0 Å². The molecule has 7 heteroatoms. The number of benzene rings is 1. The van der Waals surface area contributed by atoms with Gasteiger partial charge in [-0.1, -0.05) is 11.6 Å². The van der Waals surface area contributed by atoms with Crippen molar-refractivity contribution >= 4 is 23.0 Å². The molecule has 0 saturated carbocycles. The van der Waals surface area contributed by atoms with Crippen molar-refractivity contribution in [2.45, 2.75) is 0 Å². The molecule has 116 valence electrons. The SMILES string of the molecule is C[N+](C)(C)CCNc1cc(OCCO)c(Cl)cc1N.[Cl-]. The standard InChI is InChI=1S/C13H23ClN3O2.ClH/c1-17(2,3)5-4-16-12-9-13(19-7-6-18)10(14)8-11(12)15;/h8-9,16,18H,4-7,15H2,1-3H3;1H/q+1;/p-1. The van der Waals surface area contributed by atoms with Crippen LogP contribution in [0.4, 0.5) is 11.4 Å². The van der Waals surface area contributed by atoms with Crippen molar-refractivity contribution in [3.8, 4) is 5.75 Å². The molecule has 1 aromatic carbocycles. The third-order valence-corrected chi connectivity index (χ3v) is 2.85. The molecule has 0 unspecified atom stereocenters. The number of likely N-dealkylation sites (N-methyl/N-ethyl adjacent to an activating group) is 1. The Morgan fingerprint density at radius 1 is 1.35 bits per heavy atom. The normalized spacial score (nSPS) is 10.8. The second-order valence-corrected chi connectivity index (χ2v) is 5.79. The van der Waals surface area contributed by atoms with Gasteiger partial charge in [-0.05, 0) is 6.07 Å². The minimum Gasteiger partial charge on any atom is -1.00 e. The molecule has 4 N–H and O–H groups in total. The number of hydrogen-bond acceptors (Lipinski definition) is 4. The molecule has 0 aliphatic heterocycles. The van der Waals surface area contributed by atoms with Crippen LogP contribution in [0.3, 0.4) is 0 Å². The Morgan fingerprint density at radius 3 is 2.55 bits per heavy atom. The first-order valence-corrected chi connectivity index (χ1v) is 6.58. The van der Waals surface area contributed by atoms with Crippen LogP contribution in [-0.2, 0) is 0 Å². The number of ether oxygens (including phenoxy) is 1. The smallest absolute Gasteiger partial charge is 0.140 e. The molecule has 1 rings (SSSR count). The van der Waals surface area contributed by atoms with Gasteiger partial charge < -0.3 is 37.8 Å². The van der Waals surface area contributed by atoms with E-state index in [4.69, 9.17) is 27.2 Å². The van der Waals surface area contributed by atoms with E-state index in [9.17, 15) is 0 Å². The molecule has 0 aromatic heterocycles. The molecule has 0 bridgehead atoms. The number of halogens is 2. The number of nitrogens with one attached hydrogen (secondary N) is 1. The maximum absolute atomic E-state index is 8.76. The van der Waals surface area contributed by atoms with E-state index in [1.54, 1.807) is 12.1 Å². The van der Waals surface area contributed by atoms with Gasteiger partial charge in [0.1, 0.15) is 12.4 Å². The van der Waals surface area contributed by atoms with Gasteiger partial charge in [-0.25, -0.2) is 0 Å². The predicted octanol–water partition coefficient (Wildman–Crippen LogP) is -1.58. The van der Waals surface area contributed by atoms with E-state index in [0.717, 1.165) is 23.3 Å². The van der Waals surface area contributed by atoms with Crippen LogP contribution in [0.25, 0.3) is 0 Å². The number of quaternary nitrogens is 1. The first kappa shape index (κ1) is 19.1. The van der Waals surface area contributed by atoms with Gasteiger partial charge in [-0.15, -0.1) is 0 Å². The molecule has 0 heterocycles. The van der Waals surface area contributed by atoms with Crippen LogP contribution >= 0.6 is 11.6 Å². The summed E-state index contributed by atoms with van der Waals surface area (Å²) in [5, 5.41) is 12.5. The molecule has 5 nitrogen and oxygen atoms in total. The fourth-order valence-electron chi connectivity index (χ4n) is 1.51. The van der Waals surface area contributed by atoms with E-state index in [2.05, 4.69) is 26.5 Å². The summed E-state index contributed by atoms with van der Waals surface area (Å²) in [5.74, 6) is 0.526. The van der Waals surface area contributed by atoms with E-state index in [-0.39, 0.29) is 25.6 Å². The van der Waals surface area contributed by atoms with Crippen molar-refractivity contribution in [1.82, 2.24) is 0 Å². The molecule has 0 fully saturated rings. The van der Waals surface area contributed by atoms with E-state index in [1.165, 1.54) is 0 Å². The van der Waals surface area contributed by atoms with Crippen LogP contribution < -0.4 is 28.2 Å². The number of nitrogen functional groups attached to an aromatic ring is 1. The zero-order valence-electron chi connectivity index (χ0n) is 12.1. The van der Waals surface area contributed by atoms with Gasteiger partial charge in [0.05, 0.1) is 57.2 Å². The van der Waals surface area contributed by atoms with Crippen LogP contribution in [0.5, 0.6) is 5.75 Å². The van der Waals surface area contributed by atoms with Gasteiger partial charge in [0, 0.05) is 6.07 Å². The minimum atomic E-state index is -0.0506. The average Bonchev–Trinajstić information content (AvgIpc) is 2.29. The molecule has 0 atom stereocenters. The van der Waals surface area contributed by atoms with Crippen LogP contribution in [0, 0.1) is 0 Å². The lowest BCUT2D eigenvalue weighted by molar-refractivity contribution is -0.868. The highest BCUT2D eigenvalue weighted by Crippen LogP contribution is 2.32. The average molecular weight is 324 g/mol. The Hall–Kier alpha value is -0.880. The highest BCUT2D eigenvalue weighted by Gasteiger charge is 2.10. The largest absolute Gasteiger partial charge is 1.00 e. The summed E-state index contributed by atoms with van der Waals surface area (Å²) < 4.78 is 6.22. The summed E-state index contributed by atoms with van der Waals surface area (Å²) in [6, 6.07) is 3.42. The summed E-state index contributed by atoms with van der Waals surface area (Å²) in [5.41, 5.74) is 7.29. The molecule has 0 amide bonds. The summed E-state index contributed by atoms with van der Waals surface area (Å²) in [6.45, 7) is 1.93. The Bertz CT molecular complexity index is 423. The maximum Gasteiger partial charge on any atom is 0.140 e. The number of nitrogens with two attached hydrogens (primary N) is 1. The van der Waals surface area contributed by atoms with Crippen molar-refractivity contribution in [3.05, 3.63) is 17.2 Å². The third kappa shape index (κ3) is 6.52. The Kier molecular flexibility index (Phi) is 8.05. The number of aliphatic hydroxyl groups excluding tert-OH is 1. The van der Waals surface area contributed by atoms with E-state index in [1.807, 2.05) is 0 Å². The van der Waals surface area contributed by atoms with Gasteiger partial charge in [-0.2, -0.15) is 0 Å². The monoisotopic (exact) mass is 323 g/mol. The highest BCUT2D eigenvalue weighted by molar-refractivity contribution is 6.32. The predicted molar refractivity (Wildman–Crippen MR) is 79.8 cm³/mol. The number of aliphatic hydroxyl groups is 1. The van der Waals surface area contributed by atoms with Gasteiger partial charge >= 0.3 is 0 Å². The molecule has 20 heavy (non-hydrogen) atoms. The summed E-state index contributed by atoms with van der Waals surface area (Å²) >= 11 is 6.03. The zero-order valence-corrected chi connectivity index (χ0v) is 13.6. The fraction of sp³-hybridized carbons (Fsp3) is 0.538. The first-order valence-electron chi connectivity index (χ1n) is 6.20. The summed E-state index contributed by atoms with van der Waals surface area (Å²) in [7, 11) is 6.38.